The minimum Gasteiger partial charge on any atom is -0.497 e. The molecule has 1 aromatic heterocycles. The van der Waals surface area contributed by atoms with Crippen molar-refractivity contribution in [1.29, 1.82) is 0 Å². The van der Waals surface area contributed by atoms with Gasteiger partial charge < -0.3 is 20.2 Å². The Hall–Kier alpha value is -1.72. The lowest BCUT2D eigenvalue weighted by molar-refractivity contribution is -0.121. The lowest BCUT2D eigenvalue weighted by Crippen LogP contribution is -2.41. The van der Waals surface area contributed by atoms with E-state index in [9.17, 15) is 4.79 Å². The van der Waals surface area contributed by atoms with E-state index >= 15 is 0 Å². The van der Waals surface area contributed by atoms with Crippen LogP contribution in [0.5, 0.6) is 5.75 Å². The number of nitrogens with one attached hydrogen (secondary N) is 1. The molecule has 0 saturated heterocycles. The summed E-state index contributed by atoms with van der Waals surface area (Å²) in [5.41, 5.74) is 7.31. The topological polar surface area (TPSA) is 77.5 Å². The number of benzene rings is 1. The summed E-state index contributed by atoms with van der Waals surface area (Å²) >= 11 is 0. The van der Waals surface area contributed by atoms with Crippen LogP contribution in [0.4, 0.5) is 0 Å². The molecule has 1 aromatic carbocycles. The predicted octanol–water partition coefficient (Wildman–Crippen LogP) is 2.90. The van der Waals surface area contributed by atoms with Crippen molar-refractivity contribution >= 4 is 29.3 Å². The Morgan fingerprint density at radius 1 is 1.39 bits per heavy atom. The highest BCUT2D eigenvalue weighted by Crippen LogP contribution is 2.25. The highest BCUT2D eigenvalue weighted by atomic mass is 35.5. The van der Waals surface area contributed by atoms with Gasteiger partial charge in [0.1, 0.15) is 11.3 Å². The molecule has 0 aliphatic rings. The fourth-order valence-electron chi connectivity index (χ4n) is 2.56. The largest absolute Gasteiger partial charge is 0.497 e. The van der Waals surface area contributed by atoms with Crippen molar-refractivity contribution in [2.75, 3.05) is 13.7 Å². The van der Waals surface area contributed by atoms with E-state index in [0.29, 0.717) is 12.5 Å². The van der Waals surface area contributed by atoms with Gasteiger partial charge in [0.2, 0.25) is 5.91 Å². The molecule has 0 radical (unpaired) electrons. The number of furan rings is 1. The van der Waals surface area contributed by atoms with Crippen LogP contribution in [0.2, 0.25) is 0 Å². The Bertz CT molecular complexity index is 640. The molecule has 5 nitrogen and oxygen atoms in total. The van der Waals surface area contributed by atoms with Crippen molar-refractivity contribution in [1.82, 2.24) is 5.32 Å². The van der Waals surface area contributed by atoms with E-state index in [4.69, 9.17) is 14.9 Å². The fourth-order valence-corrected chi connectivity index (χ4v) is 2.56. The molecule has 1 unspecified atom stereocenters. The summed E-state index contributed by atoms with van der Waals surface area (Å²) in [4.78, 5) is 12.2. The van der Waals surface area contributed by atoms with Crippen molar-refractivity contribution in [3.05, 3.63) is 30.0 Å². The molecule has 128 valence electrons. The number of carbonyl (C=O) groups excluding carboxylic acids is 1. The molecule has 1 amide bonds. The molecule has 0 aliphatic heterocycles. The summed E-state index contributed by atoms with van der Waals surface area (Å²) in [7, 11) is 1.61. The third kappa shape index (κ3) is 5.15. The van der Waals surface area contributed by atoms with Gasteiger partial charge in [-0.05, 0) is 24.5 Å². The van der Waals surface area contributed by atoms with Crippen LogP contribution in [0.1, 0.15) is 25.8 Å². The van der Waals surface area contributed by atoms with E-state index in [-0.39, 0.29) is 30.8 Å². The first-order chi connectivity index (χ1) is 10.5. The highest BCUT2D eigenvalue weighted by Gasteiger charge is 2.15. The molecule has 2 aromatic rings. The number of ether oxygens (including phenoxy) is 1. The first-order valence-corrected chi connectivity index (χ1v) is 7.57. The van der Waals surface area contributed by atoms with Crippen LogP contribution in [0, 0.1) is 5.92 Å². The van der Waals surface area contributed by atoms with Crippen molar-refractivity contribution < 1.29 is 13.9 Å². The Balaban J connectivity index is 0.00000264. The van der Waals surface area contributed by atoms with Gasteiger partial charge in [0.05, 0.1) is 19.8 Å². The summed E-state index contributed by atoms with van der Waals surface area (Å²) < 4.78 is 10.7. The van der Waals surface area contributed by atoms with Crippen molar-refractivity contribution in [3.63, 3.8) is 0 Å². The van der Waals surface area contributed by atoms with Crippen LogP contribution in [0.3, 0.4) is 0 Å². The van der Waals surface area contributed by atoms with Crippen LogP contribution in [0.15, 0.2) is 28.9 Å². The maximum atomic E-state index is 12.2. The van der Waals surface area contributed by atoms with E-state index in [0.717, 1.165) is 28.7 Å². The monoisotopic (exact) mass is 340 g/mol. The van der Waals surface area contributed by atoms with Crippen LogP contribution in [-0.4, -0.2) is 25.6 Å². The smallest absolute Gasteiger partial charge is 0.224 e. The second-order valence-electron chi connectivity index (χ2n) is 5.93. The lowest BCUT2D eigenvalue weighted by Gasteiger charge is -2.18. The summed E-state index contributed by atoms with van der Waals surface area (Å²) in [6.45, 7) is 4.69. The molecular formula is C17H25ClN2O3. The first kappa shape index (κ1) is 19.3. The van der Waals surface area contributed by atoms with E-state index in [1.807, 2.05) is 18.2 Å². The second-order valence-corrected chi connectivity index (χ2v) is 5.93. The Kier molecular flexibility index (Phi) is 7.39. The number of methoxy groups -OCH3 is 1. The van der Waals surface area contributed by atoms with Gasteiger partial charge in [-0.2, -0.15) is 0 Å². The Morgan fingerprint density at radius 3 is 2.74 bits per heavy atom. The van der Waals surface area contributed by atoms with Gasteiger partial charge in [-0.3, -0.25) is 4.79 Å². The van der Waals surface area contributed by atoms with Crippen LogP contribution in [0.25, 0.3) is 11.0 Å². The number of nitrogens with two attached hydrogens (primary N) is 1. The predicted molar refractivity (Wildman–Crippen MR) is 94.2 cm³/mol. The SMILES string of the molecule is COc1ccc2c(CC(=O)NC(CN)CC(C)C)coc2c1.Cl. The molecule has 0 bridgehead atoms. The molecule has 23 heavy (non-hydrogen) atoms. The molecule has 0 spiro atoms. The minimum absolute atomic E-state index is 0. The Labute approximate surface area is 143 Å². The van der Waals surface area contributed by atoms with Crippen molar-refractivity contribution in [2.24, 2.45) is 11.7 Å². The molecular weight excluding hydrogens is 316 g/mol. The van der Waals surface area contributed by atoms with Gasteiger partial charge in [0.25, 0.3) is 0 Å². The number of fused-ring (bicyclic) bond motifs is 1. The molecule has 3 N–H and O–H groups in total. The molecule has 2 rings (SSSR count). The van der Waals surface area contributed by atoms with Gasteiger partial charge in [0.15, 0.2) is 0 Å². The summed E-state index contributed by atoms with van der Waals surface area (Å²) in [5, 5.41) is 3.93. The van der Waals surface area contributed by atoms with Gasteiger partial charge >= 0.3 is 0 Å². The summed E-state index contributed by atoms with van der Waals surface area (Å²) in [6.07, 6.45) is 2.79. The van der Waals surface area contributed by atoms with Gasteiger partial charge in [0, 0.05) is 29.6 Å². The Morgan fingerprint density at radius 2 is 2.13 bits per heavy atom. The second kappa shape index (κ2) is 8.79. The third-order valence-electron chi connectivity index (χ3n) is 3.62. The number of hydrogen-bond acceptors (Lipinski definition) is 4. The number of hydrogen-bond donors (Lipinski definition) is 2. The molecule has 0 saturated carbocycles. The number of halogens is 1. The van der Waals surface area contributed by atoms with E-state index in [1.165, 1.54) is 0 Å². The maximum absolute atomic E-state index is 12.2. The minimum atomic E-state index is -0.0328. The molecule has 0 aliphatic carbocycles. The van der Waals surface area contributed by atoms with Gasteiger partial charge in [-0.15, -0.1) is 12.4 Å². The summed E-state index contributed by atoms with van der Waals surface area (Å²) in [6, 6.07) is 5.61. The van der Waals surface area contributed by atoms with Crippen molar-refractivity contribution in [3.8, 4) is 5.75 Å². The lowest BCUT2D eigenvalue weighted by atomic mass is 10.0. The molecule has 0 fully saturated rings. The average molecular weight is 341 g/mol. The summed E-state index contributed by atoms with van der Waals surface area (Å²) in [5.74, 6) is 1.20. The third-order valence-corrected chi connectivity index (χ3v) is 3.62. The van der Waals surface area contributed by atoms with Crippen LogP contribution >= 0.6 is 12.4 Å². The normalized spacial score (nSPS) is 12.0. The fraction of sp³-hybridized carbons (Fsp3) is 0.471. The molecule has 6 heteroatoms. The average Bonchev–Trinajstić information content (AvgIpc) is 2.88. The molecule has 1 heterocycles. The van der Waals surface area contributed by atoms with Crippen LogP contribution < -0.4 is 15.8 Å². The van der Waals surface area contributed by atoms with Crippen LogP contribution in [-0.2, 0) is 11.2 Å². The zero-order valence-electron chi connectivity index (χ0n) is 13.8. The van der Waals surface area contributed by atoms with Gasteiger partial charge in [-0.25, -0.2) is 0 Å². The van der Waals surface area contributed by atoms with E-state index < -0.39 is 0 Å². The first-order valence-electron chi connectivity index (χ1n) is 7.57. The zero-order valence-corrected chi connectivity index (χ0v) is 14.6. The number of carbonyl (C=O) groups is 1. The van der Waals surface area contributed by atoms with E-state index in [1.54, 1.807) is 13.4 Å². The highest BCUT2D eigenvalue weighted by molar-refractivity contribution is 5.88. The van der Waals surface area contributed by atoms with Gasteiger partial charge in [-0.1, -0.05) is 13.8 Å². The number of rotatable bonds is 7. The van der Waals surface area contributed by atoms with E-state index in [2.05, 4.69) is 19.2 Å². The quantitative estimate of drug-likeness (QED) is 0.812. The maximum Gasteiger partial charge on any atom is 0.224 e. The zero-order chi connectivity index (χ0) is 16.1. The standard InChI is InChI=1S/C17H24N2O3.ClH/c1-11(2)6-13(9-18)19-17(20)7-12-10-22-16-8-14(21-3)4-5-15(12)16;/h4-5,8,10-11,13H,6-7,9,18H2,1-3H3,(H,19,20);1H. The number of amides is 1. The molecule has 1 atom stereocenters. The van der Waals surface area contributed by atoms with Crippen molar-refractivity contribution in [2.45, 2.75) is 32.7 Å².